The lowest BCUT2D eigenvalue weighted by molar-refractivity contribution is -0.160. The molecule has 1 amide bonds. The normalized spacial score (nSPS) is 23.5. The van der Waals surface area contributed by atoms with Gasteiger partial charge in [-0.3, -0.25) is 4.79 Å². The molecule has 0 spiro atoms. The van der Waals surface area contributed by atoms with E-state index in [1.54, 1.807) is 11.9 Å². The summed E-state index contributed by atoms with van der Waals surface area (Å²) in [7, 11) is 1.79. The summed E-state index contributed by atoms with van der Waals surface area (Å²) in [4.78, 5) is 13.7. The first-order chi connectivity index (χ1) is 7.18. The highest BCUT2D eigenvalue weighted by atomic mass is 16.5. The van der Waals surface area contributed by atoms with Crippen molar-refractivity contribution in [1.82, 2.24) is 4.90 Å². The Morgan fingerprint density at radius 1 is 1.60 bits per heavy atom. The molecule has 82 valence electrons. The number of nitrogens with zero attached hydrogens (tertiary/aromatic N) is 2. The van der Waals surface area contributed by atoms with Crippen molar-refractivity contribution in [2.75, 3.05) is 26.8 Å². The van der Waals surface area contributed by atoms with E-state index < -0.39 is 5.41 Å². The molecule has 0 aromatic carbocycles. The predicted molar refractivity (Wildman–Crippen MR) is 53.8 cm³/mol. The van der Waals surface area contributed by atoms with Crippen LogP contribution >= 0.6 is 0 Å². The summed E-state index contributed by atoms with van der Waals surface area (Å²) in [5.41, 5.74) is -0.876. The Morgan fingerprint density at radius 2 is 2.27 bits per heavy atom. The summed E-state index contributed by atoms with van der Waals surface area (Å²) in [6.45, 7) is 1.32. The molecule has 1 aliphatic heterocycles. The predicted octanol–water partition coefficient (Wildman–Crippen LogP) is 0.785. The maximum absolute atomic E-state index is 12.0. The molecule has 1 heterocycles. The van der Waals surface area contributed by atoms with Crippen LogP contribution in [0.2, 0.25) is 0 Å². The maximum Gasteiger partial charge on any atom is 0.247 e. The Kier molecular flexibility index (Phi) is 2.66. The lowest BCUT2D eigenvalue weighted by atomic mass is 9.83. The largest absolute Gasteiger partial charge is 0.377 e. The molecule has 2 aliphatic rings. The molecule has 0 aromatic heterocycles. The Labute approximate surface area is 89.8 Å². The van der Waals surface area contributed by atoms with Gasteiger partial charge >= 0.3 is 0 Å². The van der Waals surface area contributed by atoms with Crippen molar-refractivity contribution in [1.29, 1.82) is 5.26 Å². The van der Waals surface area contributed by atoms with Crippen molar-refractivity contribution in [2.45, 2.75) is 19.3 Å². The molecule has 0 unspecified atom stereocenters. The lowest BCUT2D eigenvalue weighted by Gasteiger charge is -2.38. The monoisotopic (exact) mass is 208 g/mol. The first-order valence-corrected chi connectivity index (χ1v) is 5.42. The Balaban J connectivity index is 1.91. The van der Waals surface area contributed by atoms with E-state index >= 15 is 0 Å². The molecular formula is C11H16N2O2. The van der Waals surface area contributed by atoms with Crippen LogP contribution in [-0.2, 0) is 9.53 Å². The Morgan fingerprint density at radius 3 is 2.60 bits per heavy atom. The zero-order chi connectivity index (χ0) is 10.9. The zero-order valence-corrected chi connectivity index (χ0v) is 9.03. The van der Waals surface area contributed by atoms with Gasteiger partial charge in [-0.15, -0.1) is 0 Å². The molecular weight excluding hydrogens is 192 g/mol. The van der Waals surface area contributed by atoms with Crippen LogP contribution in [0.4, 0.5) is 0 Å². The standard InChI is InChI=1S/C11H16N2O2/c1-13(5-9-3-2-4-9)10(14)11(6-12)7-15-8-11/h9H,2-5,7-8H2,1H3. The van der Waals surface area contributed by atoms with Crippen molar-refractivity contribution < 1.29 is 9.53 Å². The Bertz CT molecular complexity index is 300. The third kappa shape index (κ3) is 1.72. The second kappa shape index (κ2) is 3.82. The molecule has 2 fully saturated rings. The number of hydrogen-bond donors (Lipinski definition) is 0. The number of hydrogen-bond acceptors (Lipinski definition) is 3. The van der Waals surface area contributed by atoms with Crippen molar-refractivity contribution in [3.8, 4) is 6.07 Å². The fourth-order valence-electron chi connectivity index (χ4n) is 2.05. The van der Waals surface area contributed by atoms with Gasteiger partial charge in [-0.2, -0.15) is 5.26 Å². The van der Waals surface area contributed by atoms with Crippen molar-refractivity contribution in [2.24, 2.45) is 11.3 Å². The third-order valence-corrected chi connectivity index (χ3v) is 3.42. The molecule has 4 heteroatoms. The van der Waals surface area contributed by atoms with Gasteiger partial charge in [0.1, 0.15) is 0 Å². The first-order valence-electron chi connectivity index (χ1n) is 5.42. The Hall–Kier alpha value is -1.08. The van der Waals surface area contributed by atoms with Crippen LogP contribution in [0.3, 0.4) is 0 Å². The summed E-state index contributed by atoms with van der Waals surface area (Å²) in [6, 6.07) is 2.09. The van der Waals surface area contributed by atoms with Crippen LogP contribution < -0.4 is 0 Å². The van der Waals surface area contributed by atoms with E-state index in [1.807, 2.05) is 0 Å². The number of carbonyl (C=O) groups is 1. The van der Waals surface area contributed by atoms with Gasteiger partial charge in [-0.25, -0.2) is 0 Å². The van der Waals surface area contributed by atoms with Crippen LogP contribution in [0.25, 0.3) is 0 Å². The van der Waals surface area contributed by atoms with Gasteiger partial charge in [0.25, 0.3) is 0 Å². The third-order valence-electron chi connectivity index (χ3n) is 3.42. The van der Waals surface area contributed by atoms with E-state index in [-0.39, 0.29) is 19.1 Å². The number of amides is 1. The van der Waals surface area contributed by atoms with Gasteiger partial charge in [-0.05, 0) is 18.8 Å². The molecule has 0 N–H and O–H groups in total. The van der Waals surface area contributed by atoms with Crippen molar-refractivity contribution >= 4 is 5.91 Å². The van der Waals surface area contributed by atoms with E-state index in [0.717, 1.165) is 6.54 Å². The molecule has 0 bridgehead atoms. The van der Waals surface area contributed by atoms with Gasteiger partial charge in [0.05, 0.1) is 19.3 Å². The highest BCUT2D eigenvalue weighted by Gasteiger charge is 2.48. The van der Waals surface area contributed by atoms with Gasteiger partial charge in [-0.1, -0.05) is 6.42 Å². The lowest BCUT2D eigenvalue weighted by Crippen LogP contribution is -2.54. The van der Waals surface area contributed by atoms with E-state index in [2.05, 4.69) is 6.07 Å². The molecule has 1 saturated carbocycles. The highest BCUT2D eigenvalue weighted by molar-refractivity contribution is 5.86. The molecule has 0 aromatic rings. The van der Waals surface area contributed by atoms with Crippen LogP contribution in [0, 0.1) is 22.7 Å². The average Bonchev–Trinajstić information content (AvgIpc) is 2.10. The highest BCUT2D eigenvalue weighted by Crippen LogP contribution is 2.31. The zero-order valence-electron chi connectivity index (χ0n) is 9.03. The minimum Gasteiger partial charge on any atom is -0.377 e. The number of rotatable bonds is 3. The van der Waals surface area contributed by atoms with Crippen LogP contribution in [0.1, 0.15) is 19.3 Å². The molecule has 4 nitrogen and oxygen atoms in total. The summed E-state index contributed by atoms with van der Waals surface area (Å²) in [5.74, 6) is 0.582. The summed E-state index contributed by atoms with van der Waals surface area (Å²) in [5, 5.41) is 8.98. The van der Waals surface area contributed by atoms with Gasteiger partial charge in [0, 0.05) is 13.6 Å². The van der Waals surface area contributed by atoms with Gasteiger partial charge < -0.3 is 9.64 Å². The molecule has 1 saturated heterocycles. The van der Waals surface area contributed by atoms with Gasteiger partial charge in [0.15, 0.2) is 5.41 Å². The quantitative estimate of drug-likeness (QED) is 0.689. The maximum atomic E-state index is 12.0. The van der Waals surface area contributed by atoms with Crippen LogP contribution in [0.15, 0.2) is 0 Å². The molecule has 1 aliphatic carbocycles. The fraction of sp³-hybridized carbons (Fsp3) is 0.818. The summed E-state index contributed by atoms with van der Waals surface area (Å²) in [6.07, 6.45) is 3.71. The van der Waals surface area contributed by atoms with Crippen molar-refractivity contribution in [3.05, 3.63) is 0 Å². The minimum absolute atomic E-state index is 0.0665. The summed E-state index contributed by atoms with van der Waals surface area (Å²) >= 11 is 0. The number of carbonyl (C=O) groups excluding carboxylic acids is 1. The van der Waals surface area contributed by atoms with Gasteiger partial charge in [0.2, 0.25) is 5.91 Å². The van der Waals surface area contributed by atoms with E-state index in [0.29, 0.717) is 5.92 Å². The first kappa shape index (κ1) is 10.4. The van der Waals surface area contributed by atoms with E-state index in [1.165, 1.54) is 19.3 Å². The smallest absolute Gasteiger partial charge is 0.247 e. The summed E-state index contributed by atoms with van der Waals surface area (Å²) < 4.78 is 4.98. The second-order valence-electron chi connectivity index (χ2n) is 4.67. The SMILES string of the molecule is CN(CC1CCC1)C(=O)C1(C#N)COC1. The van der Waals surface area contributed by atoms with E-state index in [9.17, 15) is 4.79 Å². The average molecular weight is 208 g/mol. The molecule has 2 rings (SSSR count). The van der Waals surface area contributed by atoms with Crippen molar-refractivity contribution in [3.63, 3.8) is 0 Å². The van der Waals surface area contributed by atoms with Crippen LogP contribution in [0.5, 0.6) is 0 Å². The number of nitriles is 1. The fourth-order valence-corrected chi connectivity index (χ4v) is 2.05. The topological polar surface area (TPSA) is 53.3 Å². The minimum atomic E-state index is -0.876. The molecule has 0 atom stereocenters. The van der Waals surface area contributed by atoms with E-state index in [4.69, 9.17) is 10.00 Å². The second-order valence-corrected chi connectivity index (χ2v) is 4.67. The molecule has 15 heavy (non-hydrogen) atoms. The van der Waals surface area contributed by atoms with Crippen LogP contribution in [-0.4, -0.2) is 37.6 Å². The molecule has 0 radical (unpaired) electrons. The number of ether oxygens (including phenoxy) is 1.